The first kappa shape index (κ1) is 25.1. The molecule has 5 heterocycles. The van der Waals surface area contributed by atoms with Crippen LogP contribution in [0.1, 0.15) is 23.3 Å². The molecule has 0 radical (unpaired) electrons. The minimum absolute atomic E-state index is 0.462. The maximum atomic E-state index is 4.34. The molecule has 0 saturated carbocycles. The van der Waals surface area contributed by atoms with Crippen LogP contribution in [0.4, 0.5) is 0 Å². The average molecular weight is 530 g/mol. The van der Waals surface area contributed by atoms with Crippen LogP contribution in [-0.2, 0) is 26.2 Å². The lowest BCUT2D eigenvalue weighted by molar-refractivity contribution is 0.167. The van der Waals surface area contributed by atoms with Gasteiger partial charge in [-0.05, 0) is 0 Å². The van der Waals surface area contributed by atoms with Gasteiger partial charge in [0.15, 0.2) is 29.1 Å². The van der Waals surface area contributed by atoms with Crippen LogP contribution in [0.3, 0.4) is 0 Å². The van der Waals surface area contributed by atoms with Crippen molar-refractivity contribution in [2.45, 2.75) is 26.2 Å². The van der Waals surface area contributed by atoms with Gasteiger partial charge >= 0.3 is 0 Å². The smallest absolute Gasteiger partial charge is 0.188 e. The summed E-state index contributed by atoms with van der Waals surface area (Å²) in [6, 6.07) is 0. The van der Waals surface area contributed by atoms with E-state index in [1.807, 2.05) is 7.05 Å². The molecule has 5 rings (SSSR count). The summed E-state index contributed by atoms with van der Waals surface area (Å²) in [7, 11) is 1.84. The second-order valence-electron chi connectivity index (χ2n) is 8.34. The van der Waals surface area contributed by atoms with Gasteiger partial charge in [0.05, 0.1) is 32.7 Å². The molecule has 4 aromatic heterocycles. The Morgan fingerprint density at radius 3 is 1.26 bits per heavy atom. The second-order valence-corrected chi connectivity index (χ2v) is 8.34. The second kappa shape index (κ2) is 12.6. The average Bonchev–Trinajstić information content (AvgIpc) is 3.73. The van der Waals surface area contributed by atoms with E-state index in [1.165, 1.54) is 0 Å². The van der Waals surface area contributed by atoms with Crippen molar-refractivity contribution in [2.24, 2.45) is 5.10 Å². The monoisotopic (exact) mass is 529 g/mol. The highest BCUT2D eigenvalue weighted by Crippen LogP contribution is 2.06. The number of hydrogen-bond donors (Lipinski definition) is 6. The summed E-state index contributed by atoms with van der Waals surface area (Å²) in [6.07, 6.45) is 0. The van der Waals surface area contributed by atoms with E-state index in [9.17, 15) is 0 Å². The number of hydrazine groups is 2. The number of amidine groups is 1. The fourth-order valence-electron chi connectivity index (χ4n) is 3.72. The van der Waals surface area contributed by atoms with Gasteiger partial charge in [0.25, 0.3) is 0 Å². The van der Waals surface area contributed by atoms with Crippen LogP contribution in [0.2, 0.25) is 0 Å². The molecule has 0 saturated heterocycles. The Hall–Kier alpha value is -4.61. The van der Waals surface area contributed by atoms with Gasteiger partial charge in [-0.2, -0.15) is 20.9 Å². The van der Waals surface area contributed by atoms with Crippen molar-refractivity contribution in [3.05, 3.63) is 23.3 Å². The Morgan fingerprint density at radius 1 is 0.553 bits per heavy atom. The minimum atomic E-state index is 0.462. The van der Waals surface area contributed by atoms with Crippen molar-refractivity contribution in [3.8, 4) is 0 Å². The first-order chi connectivity index (χ1) is 18.7. The van der Waals surface area contributed by atoms with Crippen molar-refractivity contribution in [1.29, 1.82) is 0 Å². The van der Waals surface area contributed by atoms with E-state index in [2.05, 4.69) is 113 Å². The number of hydrazone groups is 1. The maximum absolute atomic E-state index is 4.34. The van der Waals surface area contributed by atoms with E-state index >= 15 is 0 Å². The molecular formula is C15H27N23. The van der Waals surface area contributed by atoms with E-state index in [-0.39, 0.29) is 0 Å². The summed E-state index contributed by atoms with van der Waals surface area (Å²) in [5, 5.41) is 63.2. The molecule has 4 aromatic rings. The van der Waals surface area contributed by atoms with E-state index < -0.39 is 0 Å². The van der Waals surface area contributed by atoms with Crippen LogP contribution in [0, 0.1) is 0 Å². The molecule has 0 atom stereocenters. The van der Waals surface area contributed by atoms with Crippen LogP contribution in [0.5, 0.6) is 0 Å². The number of nitrogens with one attached hydrogen (secondary N) is 6. The van der Waals surface area contributed by atoms with Crippen molar-refractivity contribution in [3.63, 3.8) is 0 Å². The quantitative estimate of drug-likeness (QED) is 0.0792. The predicted molar refractivity (Wildman–Crippen MR) is 123 cm³/mol. The van der Waals surface area contributed by atoms with Gasteiger partial charge in [-0.1, -0.05) is 20.9 Å². The molecule has 0 aromatic carbocycles. The molecule has 0 spiro atoms. The molecule has 6 N–H and O–H groups in total. The van der Waals surface area contributed by atoms with Crippen LogP contribution in [0.15, 0.2) is 5.10 Å². The van der Waals surface area contributed by atoms with Gasteiger partial charge in [0, 0.05) is 33.2 Å². The molecule has 0 aliphatic carbocycles. The number of aromatic nitrogens is 16. The third-order valence-corrected chi connectivity index (χ3v) is 5.49. The van der Waals surface area contributed by atoms with E-state index in [0.717, 1.165) is 5.84 Å². The SMILES string of the molecule is CN1NN=C(CN(CCN(Cc2nn[nH]n2)Cc2nn[nH]n2)CCN(Cc2nn[nH]n2)Cc2nn[nH]n2)N1. The van der Waals surface area contributed by atoms with Crippen LogP contribution < -0.4 is 11.0 Å². The molecular weight excluding hydrogens is 502 g/mol. The lowest BCUT2D eigenvalue weighted by Gasteiger charge is -2.28. The first-order valence-corrected chi connectivity index (χ1v) is 11.6. The van der Waals surface area contributed by atoms with E-state index in [1.54, 1.807) is 5.12 Å². The fourth-order valence-corrected chi connectivity index (χ4v) is 3.72. The third-order valence-electron chi connectivity index (χ3n) is 5.49. The van der Waals surface area contributed by atoms with E-state index in [0.29, 0.717) is 82.2 Å². The summed E-state index contributed by atoms with van der Waals surface area (Å²) >= 11 is 0. The molecule has 0 unspecified atom stereocenters. The Kier molecular flexibility index (Phi) is 8.29. The standard InChI is InChI=1S/C15H27N23/c1-35-25-15(24-34-35)10-36(2-4-37(6-11-16-26-27-17-11)7-12-18-28-29-19-12)3-5-38(8-13-20-30-31-21-13)9-14-22-32-33-23-14/h34H,2-10H2,1H3,(H,24,25)(H,16,17,26,27)(H,18,19,28,29)(H,20,21,30,31)(H,22,23,32,33). The van der Waals surface area contributed by atoms with Crippen LogP contribution in [-0.4, -0.2) is 148 Å². The zero-order valence-corrected chi connectivity index (χ0v) is 20.5. The molecule has 0 amide bonds. The Labute approximate surface area is 214 Å². The van der Waals surface area contributed by atoms with Gasteiger partial charge < -0.3 is 0 Å². The minimum Gasteiger partial charge on any atom is -0.293 e. The summed E-state index contributed by atoms with van der Waals surface area (Å²) < 4.78 is 0. The van der Waals surface area contributed by atoms with Crippen LogP contribution >= 0.6 is 0 Å². The summed E-state index contributed by atoms with van der Waals surface area (Å²) in [4.78, 5) is 6.51. The summed E-state index contributed by atoms with van der Waals surface area (Å²) in [5.74, 6) is 3.06. The number of nitrogens with zero attached hydrogens (tertiary/aromatic N) is 17. The largest absolute Gasteiger partial charge is 0.293 e. The number of tetrazole rings is 4. The van der Waals surface area contributed by atoms with Crippen LogP contribution in [0.25, 0.3) is 0 Å². The Morgan fingerprint density at radius 2 is 0.947 bits per heavy atom. The van der Waals surface area contributed by atoms with Crippen molar-refractivity contribution < 1.29 is 0 Å². The molecule has 1 aliphatic heterocycles. The van der Waals surface area contributed by atoms with Crippen molar-refractivity contribution >= 4 is 5.84 Å². The lowest BCUT2D eigenvalue weighted by atomic mass is 10.3. The Bertz CT molecular complexity index is 1030. The summed E-state index contributed by atoms with van der Waals surface area (Å²) in [6.45, 7) is 5.14. The highest BCUT2D eigenvalue weighted by molar-refractivity contribution is 5.84. The van der Waals surface area contributed by atoms with Gasteiger partial charge in [-0.15, -0.1) is 51.0 Å². The molecule has 202 valence electrons. The third kappa shape index (κ3) is 7.45. The van der Waals surface area contributed by atoms with Gasteiger partial charge in [0.2, 0.25) is 0 Å². The van der Waals surface area contributed by atoms with Crippen molar-refractivity contribution in [2.75, 3.05) is 39.8 Å². The highest BCUT2D eigenvalue weighted by Gasteiger charge is 2.20. The molecule has 0 fully saturated rings. The Balaban J connectivity index is 1.24. The predicted octanol–water partition coefficient (Wildman–Crippen LogP) is -4.99. The van der Waals surface area contributed by atoms with Gasteiger partial charge in [-0.25, -0.2) is 5.53 Å². The zero-order valence-electron chi connectivity index (χ0n) is 20.5. The number of hydrogen-bond acceptors (Lipinski definition) is 19. The maximum Gasteiger partial charge on any atom is 0.188 e. The molecule has 23 heteroatoms. The molecule has 0 bridgehead atoms. The van der Waals surface area contributed by atoms with Gasteiger partial charge in [0.1, 0.15) is 0 Å². The fraction of sp³-hybridized carbons (Fsp3) is 0.667. The van der Waals surface area contributed by atoms with Crippen molar-refractivity contribution in [1.82, 2.24) is 113 Å². The lowest BCUT2D eigenvalue weighted by Crippen LogP contribution is -2.45. The normalized spacial score (nSPS) is 13.9. The number of aromatic amines is 4. The summed E-state index contributed by atoms with van der Waals surface area (Å²) in [5.41, 5.74) is 6.06. The number of rotatable bonds is 16. The zero-order chi connectivity index (χ0) is 26.0. The van der Waals surface area contributed by atoms with Gasteiger partial charge in [-0.3, -0.25) is 20.1 Å². The molecule has 1 aliphatic rings. The topological polar surface area (TPSA) is 267 Å². The molecule has 23 nitrogen and oxygen atoms in total. The van der Waals surface area contributed by atoms with E-state index in [4.69, 9.17) is 0 Å². The molecule has 38 heavy (non-hydrogen) atoms. The number of H-pyrrole nitrogens is 4. The highest BCUT2D eigenvalue weighted by atomic mass is 15.9. The first-order valence-electron chi connectivity index (χ1n) is 11.6.